The highest BCUT2D eigenvalue weighted by Gasteiger charge is 2.38. The van der Waals surface area contributed by atoms with Gasteiger partial charge in [-0.15, -0.1) is 0 Å². The first kappa shape index (κ1) is 11.1. The van der Waals surface area contributed by atoms with Crippen molar-refractivity contribution in [1.82, 2.24) is 4.98 Å². The van der Waals surface area contributed by atoms with Gasteiger partial charge >= 0.3 is 0 Å². The van der Waals surface area contributed by atoms with Crippen LogP contribution in [0.4, 0.5) is 5.69 Å². The summed E-state index contributed by atoms with van der Waals surface area (Å²) in [6, 6.07) is 3.63. The van der Waals surface area contributed by atoms with Crippen LogP contribution in [0.25, 0.3) is 0 Å². The molecule has 1 aromatic rings. The minimum absolute atomic E-state index is 0.0328. The molecule has 0 saturated heterocycles. The van der Waals surface area contributed by atoms with Gasteiger partial charge in [0.1, 0.15) is 0 Å². The first-order valence-corrected chi connectivity index (χ1v) is 5.35. The molecular weight excluding hydrogens is 204 g/mol. The van der Waals surface area contributed by atoms with Gasteiger partial charge < -0.3 is 10.0 Å². The van der Waals surface area contributed by atoms with E-state index in [1.165, 1.54) is 0 Å². The van der Waals surface area contributed by atoms with Crippen LogP contribution in [0.2, 0.25) is 0 Å². The van der Waals surface area contributed by atoms with Gasteiger partial charge in [0.2, 0.25) is 5.91 Å². The van der Waals surface area contributed by atoms with E-state index in [-0.39, 0.29) is 17.9 Å². The van der Waals surface area contributed by atoms with Crippen LogP contribution >= 0.6 is 0 Å². The Labute approximate surface area is 94.9 Å². The summed E-state index contributed by atoms with van der Waals surface area (Å²) in [4.78, 5) is 17.7. The Morgan fingerprint density at radius 2 is 2.25 bits per heavy atom. The number of pyridine rings is 1. The van der Waals surface area contributed by atoms with Crippen LogP contribution in [0.5, 0.6) is 0 Å². The van der Waals surface area contributed by atoms with Gasteiger partial charge in [0.05, 0.1) is 23.7 Å². The van der Waals surface area contributed by atoms with Crippen LogP contribution in [-0.2, 0) is 16.8 Å². The Hall–Kier alpha value is -1.42. The molecule has 0 spiro atoms. The number of aromatic nitrogens is 1. The molecule has 1 aromatic heterocycles. The maximum absolute atomic E-state index is 11.5. The fraction of sp³-hybridized carbons (Fsp3) is 0.500. The van der Waals surface area contributed by atoms with E-state index in [4.69, 9.17) is 5.11 Å². The summed E-state index contributed by atoms with van der Waals surface area (Å²) in [5.41, 5.74) is 2.27. The van der Waals surface area contributed by atoms with Gasteiger partial charge in [-0.1, -0.05) is 13.8 Å². The summed E-state index contributed by atoms with van der Waals surface area (Å²) >= 11 is 0. The lowest BCUT2D eigenvalue weighted by Gasteiger charge is -2.18. The van der Waals surface area contributed by atoms with Gasteiger partial charge in [0.15, 0.2) is 0 Å². The fourth-order valence-corrected chi connectivity index (χ4v) is 2.13. The minimum atomic E-state index is -0.147. The molecule has 0 bridgehead atoms. The van der Waals surface area contributed by atoms with Crippen molar-refractivity contribution in [3.8, 4) is 0 Å². The van der Waals surface area contributed by atoms with Crippen LogP contribution in [0, 0.1) is 0 Å². The fourth-order valence-electron chi connectivity index (χ4n) is 2.13. The Bertz CT molecular complexity index is 441. The van der Waals surface area contributed by atoms with Crippen molar-refractivity contribution in [1.29, 1.82) is 0 Å². The maximum atomic E-state index is 11.5. The molecule has 0 aromatic carbocycles. The lowest BCUT2D eigenvalue weighted by Crippen LogP contribution is -2.32. The van der Waals surface area contributed by atoms with E-state index in [9.17, 15) is 4.79 Å². The topological polar surface area (TPSA) is 53.4 Å². The molecular formula is C12H16N2O2. The third-order valence-corrected chi connectivity index (χ3v) is 2.96. The Balaban J connectivity index is 2.54. The number of anilines is 1. The van der Waals surface area contributed by atoms with Gasteiger partial charge in [-0.25, -0.2) is 0 Å². The highest BCUT2D eigenvalue weighted by Crippen LogP contribution is 2.39. The second-order valence-corrected chi connectivity index (χ2v) is 4.82. The number of carbonyl (C=O) groups excluding carboxylic acids is 1. The molecule has 2 rings (SSSR count). The molecule has 1 amide bonds. The van der Waals surface area contributed by atoms with Crippen molar-refractivity contribution in [2.75, 3.05) is 11.4 Å². The molecule has 0 aliphatic carbocycles. The van der Waals surface area contributed by atoms with Gasteiger partial charge in [-0.2, -0.15) is 0 Å². The molecule has 0 atom stereocenters. The van der Waals surface area contributed by atoms with E-state index < -0.39 is 0 Å². The summed E-state index contributed by atoms with van der Waals surface area (Å²) in [5.74, 6) is 0.0328. The molecule has 16 heavy (non-hydrogen) atoms. The minimum Gasteiger partial charge on any atom is -0.390 e. The van der Waals surface area contributed by atoms with Crippen molar-refractivity contribution in [2.24, 2.45) is 0 Å². The van der Waals surface area contributed by atoms with Crippen LogP contribution in [0.15, 0.2) is 12.1 Å². The summed E-state index contributed by atoms with van der Waals surface area (Å²) in [5, 5.41) is 9.07. The second kappa shape index (κ2) is 3.56. The summed E-state index contributed by atoms with van der Waals surface area (Å²) in [6.45, 7) is 6.26. The Kier molecular flexibility index (Phi) is 2.46. The van der Waals surface area contributed by atoms with Crippen molar-refractivity contribution in [3.05, 3.63) is 23.5 Å². The third-order valence-electron chi connectivity index (χ3n) is 2.96. The van der Waals surface area contributed by atoms with Gasteiger partial charge in [-0.3, -0.25) is 9.78 Å². The predicted molar refractivity (Wildman–Crippen MR) is 61.2 cm³/mol. The SMILES string of the molecule is CC(=O)N1CC(C)(C)c2nc(CO)ccc21. The van der Waals surface area contributed by atoms with E-state index in [2.05, 4.69) is 18.8 Å². The number of nitrogens with zero attached hydrogens (tertiary/aromatic N) is 2. The first-order chi connectivity index (χ1) is 7.45. The van der Waals surface area contributed by atoms with Crippen LogP contribution in [0.1, 0.15) is 32.2 Å². The zero-order chi connectivity index (χ0) is 11.9. The van der Waals surface area contributed by atoms with E-state index in [1.54, 1.807) is 17.9 Å². The van der Waals surface area contributed by atoms with Gasteiger partial charge in [-0.05, 0) is 12.1 Å². The normalized spacial score (nSPS) is 17.4. The summed E-state index contributed by atoms with van der Waals surface area (Å²) < 4.78 is 0. The molecule has 1 aliphatic heterocycles. The number of rotatable bonds is 1. The molecule has 0 unspecified atom stereocenters. The Morgan fingerprint density at radius 1 is 1.56 bits per heavy atom. The quantitative estimate of drug-likeness (QED) is 0.774. The zero-order valence-electron chi connectivity index (χ0n) is 9.82. The lowest BCUT2D eigenvalue weighted by molar-refractivity contribution is -0.116. The molecule has 4 nitrogen and oxygen atoms in total. The third kappa shape index (κ3) is 1.59. The average Bonchev–Trinajstić information content (AvgIpc) is 2.51. The highest BCUT2D eigenvalue weighted by molar-refractivity contribution is 5.94. The smallest absolute Gasteiger partial charge is 0.223 e. The summed E-state index contributed by atoms with van der Waals surface area (Å²) in [7, 11) is 0. The molecule has 1 N–H and O–H groups in total. The molecule has 86 valence electrons. The maximum Gasteiger partial charge on any atom is 0.223 e. The van der Waals surface area contributed by atoms with Crippen LogP contribution in [-0.4, -0.2) is 22.5 Å². The second-order valence-electron chi connectivity index (χ2n) is 4.82. The average molecular weight is 220 g/mol. The number of aliphatic hydroxyl groups is 1. The van der Waals surface area contributed by atoms with E-state index in [1.807, 2.05) is 6.07 Å². The van der Waals surface area contributed by atoms with Gasteiger partial charge in [0.25, 0.3) is 0 Å². The van der Waals surface area contributed by atoms with E-state index in [0.717, 1.165) is 11.4 Å². The van der Waals surface area contributed by atoms with Crippen LogP contribution in [0.3, 0.4) is 0 Å². The largest absolute Gasteiger partial charge is 0.390 e. The number of hydrogen-bond donors (Lipinski definition) is 1. The molecule has 0 fully saturated rings. The Morgan fingerprint density at radius 3 is 2.81 bits per heavy atom. The standard InChI is InChI=1S/C12H16N2O2/c1-8(16)14-7-12(2,3)11-10(14)5-4-9(6-15)13-11/h4-5,15H,6-7H2,1-3H3. The van der Waals surface area contributed by atoms with Crippen molar-refractivity contribution in [2.45, 2.75) is 32.8 Å². The first-order valence-electron chi connectivity index (χ1n) is 5.35. The highest BCUT2D eigenvalue weighted by atomic mass is 16.3. The summed E-state index contributed by atoms with van der Waals surface area (Å²) in [6.07, 6.45) is 0. The number of fused-ring (bicyclic) bond motifs is 1. The lowest BCUT2D eigenvalue weighted by atomic mass is 9.91. The number of aliphatic hydroxyl groups excluding tert-OH is 1. The molecule has 0 saturated carbocycles. The predicted octanol–water partition coefficient (Wildman–Crippen LogP) is 1.22. The van der Waals surface area contributed by atoms with Crippen LogP contribution < -0.4 is 4.90 Å². The van der Waals surface area contributed by atoms with E-state index >= 15 is 0 Å². The molecule has 4 heteroatoms. The molecule has 1 aliphatic rings. The van der Waals surface area contributed by atoms with Crippen molar-refractivity contribution >= 4 is 11.6 Å². The van der Waals surface area contributed by atoms with Gasteiger partial charge in [0, 0.05) is 18.9 Å². The monoisotopic (exact) mass is 220 g/mol. The number of hydrogen-bond acceptors (Lipinski definition) is 3. The zero-order valence-corrected chi connectivity index (χ0v) is 9.82. The van der Waals surface area contributed by atoms with Crippen molar-refractivity contribution in [3.63, 3.8) is 0 Å². The number of amides is 1. The van der Waals surface area contributed by atoms with E-state index in [0.29, 0.717) is 12.2 Å². The molecule has 2 heterocycles. The number of carbonyl (C=O) groups is 1. The van der Waals surface area contributed by atoms with Crippen molar-refractivity contribution < 1.29 is 9.90 Å². The molecule has 0 radical (unpaired) electrons.